The van der Waals surface area contributed by atoms with Gasteiger partial charge in [-0.3, -0.25) is 0 Å². The maximum absolute atomic E-state index is 6.93. The molecule has 0 aliphatic heterocycles. The fourth-order valence-corrected chi connectivity index (χ4v) is 6.02. The molecule has 1 aromatic rings. The van der Waals surface area contributed by atoms with Gasteiger partial charge in [0.15, 0.2) is 4.33 Å². The van der Waals surface area contributed by atoms with Crippen molar-refractivity contribution in [3.63, 3.8) is 0 Å². The van der Waals surface area contributed by atoms with Crippen LogP contribution in [0, 0.1) is 0 Å². The topological polar surface area (TPSA) is 24.9 Å². The summed E-state index contributed by atoms with van der Waals surface area (Å²) >= 11 is 50.7. The Morgan fingerprint density at radius 3 is 1.34 bits per heavy atom. The van der Waals surface area contributed by atoms with Gasteiger partial charge in [0, 0.05) is 39.3 Å². The van der Waals surface area contributed by atoms with Crippen LogP contribution in [0.3, 0.4) is 0 Å². The van der Waals surface area contributed by atoms with E-state index in [1.165, 1.54) is 0 Å². The van der Waals surface area contributed by atoms with Crippen LogP contribution in [-0.2, 0) is 9.75 Å². The lowest BCUT2D eigenvalue weighted by Gasteiger charge is -2.31. The molecule has 0 N–H and O–H groups in total. The first-order valence-corrected chi connectivity index (χ1v) is 11.1. The first-order chi connectivity index (χ1) is 13.2. The average Bonchev–Trinajstić information content (AvgIpc) is 2.84. The summed E-state index contributed by atoms with van der Waals surface area (Å²) in [7, 11) is 6.94. The third-order valence-corrected chi connectivity index (χ3v) is 9.58. The van der Waals surface area contributed by atoms with Crippen molar-refractivity contribution in [1.29, 1.82) is 0 Å². The lowest BCUT2D eigenvalue weighted by atomic mass is 9.93. The van der Waals surface area contributed by atoms with E-state index in [-0.39, 0.29) is 31.9 Å². The second-order valence-corrected chi connectivity index (χ2v) is 10.8. The summed E-state index contributed by atoms with van der Waals surface area (Å²) in [5, 5.41) is 0.358. The van der Waals surface area contributed by atoms with E-state index >= 15 is 0 Å². The van der Waals surface area contributed by atoms with Gasteiger partial charge < -0.3 is 19.3 Å². The molecule has 0 saturated heterocycles. The van der Waals surface area contributed by atoms with Gasteiger partial charge in [-0.15, -0.1) is 23.2 Å². The van der Waals surface area contributed by atoms with Gasteiger partial charge in [-0.05, 0) is 36.6 Å². The molecule has 1 aromatic carbocycles. The molecule has 3 rings (SSSR count). The second-order valence-electron chi connectivity index (χ2n) is 6.86. The summed E-state index contributed by atoms with van der Waals surface area (Å²) in [5.41, 5.74) is 0.633. The fourth-order valence-electron chi connectivity index (χ4n) is 3.14. The Hall–Kier alpha value is 0.0800. The predicted molar refractivity (Wildman–Crippen MR) is 128 cm³/mol. The standard InChI is InChI=1S/C17H14Cl6N2O2S2/c1-24(2)13(28)26-7-5-6-8(27-14(29)25(3)4)10-9(7)15(20)11(18)12(19)16(10,21)17(15,22)23/h5-6H,1-4H3. The highest BCUT2D eigenvalue weighted by atomic mass is 35.5. The van der Waals surface area contributed by atoms with Crippen LogP contribution in [0.25, 0.3) is 0 Å². The molecule has 2 aliphatic rings. The first-order valence-electron chi connectivity index (χ1n) is 8.01. The molecule has 0 fully saturated rings. The van der Waals surface area contributed by atoms with Crippen LogP contribution in [0.15, 0.2) is 22.2 Å². The smallest absolute Gasteiger partial charge is 0.264 e. The largest absolute Gasteiger partial charge is 0.431 e. The highest BCUT2D eigenvalue weighted by molar-refractivity contribution is 7.80. The minimum atomic E-state index is -1.85. The summed E-state index contributed by atoms with van der Waals surface area (Å²) < 4.78 is 9.83. The third kappa shape index (κ3) is 3.05. The molecule has 0 amide bonds. The van der Waals surface area contributed by atoms with E-state index in [0.717, 1.165) is 0 Å². The molecule has 2 aliphatic carbocycles. The van der Waals surface area contributed by atoms with Gasteiger partial charge in [-0.2, -0.15) is 0 Å². The number of thiocarbonyl (C=S) groups is 2. The Balaban J connectivity index is 2.32. The minimum absolute atomic E-state index is 0.00120. The van der Waals surface area contributed by atoms with Gasteiger partial charge in [0.2, 0.25) is 0 Å². The number of benzene rings is 1. The Labute approximate surface area is 209 Å². The first kappa shape index (κ1) is 23.7. The van der Waals surface area contributed by atoms with E-state index < -0.39 is 14.1 Å². The summed E-state index contributed by atoms with van der Waals surface area (Å²) in [5.74, 6) is 0.541. The predicted octanol–water partition coefficient (Wildman–Crippen LogP) is 5.90. The van der Waals surface area contributed by atoms with Crippen LogP contribution >= 0.6 is 94.0 Å². The maximum atomic E-state index is 6.93. The number of fused-ring (bicyclic) bond motifs is 5. The molecule has 0 heterocycles. The van der Waals surface area contributed by atoms with Crippen molar-refractivity contribution in [2.45, 2.75) is 14.1 Å². The van der Waals surface area contributed by atoms with Crippen LogP contribution in [-0.4, -0.2) is 52.7 Å². The van der Waals surface area contributed by atoms with Crippen molar-refractivity contribution >= 4 is 104 Å². The van der Waals surface area contributed by atoms with Crippen molar-refractivity contribution < 1.29 is 9.47 Å². The normalized spacial score (nSPS) is 26.3. The van der Waals surface area contributed by atoms with Crippen LogP contribution in [0.1, 0.15) is 11.1 Å². The van der Waals surface area contributed by atoms with Crippen molar-refractivity contribution in [2.75, 3.05) is 28.2 Å². The Morgan fingerprint density at radius 1 is 0.759 bits per heavy atom. The number of allylic oxidation sites excluding steroid dienone is 2. The molecule has 29 heavy (non-hydrogen) atoms. The van der Waals surface area contributed by atoms with E-state index in [2.05, 4.69) is 0 Å². The number of hydrogen-bond acceptors (Lipinski definition) is 4. The summed E-state index contributed by atoms with van der Waals surface area (Å²) in [6.45, 7) is 0. The van der Waals surface area contributed by atoms with E-state index in [4.69, 9.17) is 104 Å². The molecule has 0 aromatic heterocycles. The van der Waals surface area contributed by atoms with Crippen LogP contribution in [0.5, 0.6) is 11.5 Å². The van der Waals surface area contributed by atoms with E-state index in [1.807, 2.05) is 0 Å². The van der Waals surface area contributed by atoms with E-state index in [9.17, 15) is 0 Å². The lowest BCUT2D eigenvalue weighted by molar-refractivity contribution is 0.434. The SMILES string of the molecule is CN(C)C(=S)Oc1ccc(OC(=S)N(C)C)c2c1C1(Cl)C(Cl)=C(Cl)C2(Cl)C1(Cl)Cl. The van der Waals surface area contributed by atoms with Gasteiger partial charge in [0.1, 0.15) is 21.2 Å². The van der Waals surface area contributed by atoms with E-state index in [0.29, 0.717) is 11.1 Å². The Morgan fingerprint density at radius 2 is 1.07 bits per heavy atom. The molecule has 2 unspecified atom stereocenters. The van der Waals surface area contributed by atoms with Crippen molar-refractivity contribution in [3.8, 4) is 11.5 Å². The van der Waals surface area contributed by atoms with Crippen molar-refractivity contribution in [3.05, 3.63) is 33.3 Å². The van der Waals surface area contributed by atoms with E-state index in [1.54, 1.807) is 50.1 Å². The minimum Gasteiger partial charge on any atom is -0.431 e. The number of rotatable bonds is 2. The van der Waals surface area contributed by atoms with Gasteiger partial charge in [-0.25, -0.2) is 0 Å². The Bertz CT molecular complexity index is 894. The highest BCUT2D eigenvalue weighted by Gasteiger charge is 2.79. The summed E-state index contributed by atoms with van der Waals surface area (Å²) in [4.78, 5) is -0.168. The molecule has 0 spiro atoms. The van der Waals surface area contributed by atoms with Crippen LogP contribution in [0.4, 0.5) is 0 Å². The summed E-state index contributed by atoms with van der Waals surface area (Å²) in [6, 6.07) is 3.21. The fraction of sp³-hybridized carbons (Fsp3) is 0.412. The van der Waals surface area contributed by atoms with Crippen LogP contribution in [0.2, 0.25) is 0 Å². The molecule has 2 bridgehead atoms. The number of hydrogen-bond donors (Lipinski definition) is 0. The average molecular weight is 555 g/mol. The van der Waals surface area contributed by atoms with Crippen molar-refractivity contribution in [2.24, 2.45) is 0 Å². The van der Waals surface area contributed by atoms with Gasteiger partial charge in [0.25, 0.3) is 10.3 Å². The zero-order chi connectivity index (χ0) is 22.1. The monoisotopic (exact) mass is 552 g/mol. The van der Waals surface area contributed by atoms with Gasteiger partial charge in [-0.1, -0.05) is 46.4 Å². The third-order valence-electron chi connectivity index (χ3n) is 4.61. The number of alkyl halides is 4. The number of ether oxygens (including phenoxy) is 2. The Kier molecular flexibility index (Phi) is 6.21. The zero-order valence-corrected chi connectivity index (χ0v) is 21.6. The molecular weight excluding hydrogens is 541 g/mol. The number of halogens is 6. The van der Waals surface area contributed by atoms with Gasteiger partial charge in [0.05, 0.1) is 10.1 Å². The quantitative estimate of drug-likeness (QED) is 0.334. The van der Waals surface area contributed by atoms with Gasteiger partial charge >= 0.3 is 0 Å². The molecule has 4 nitrogen and oxygen atoms in total. The second kappa shape index (κ2) is 7.59. The summed E-state index contributed by atoms with van der Waals surface area (Å²) in [6.07, 6.45) is 0. The maximum Gasteiger partial charge on any atom is 0.264 e. The molecule has 0 saturated carbocycles. The molecule has 2 atom stereocenters. The molecule has 0 radical (unpaired) electrons. The molecular formula is C17H14Cl6N2O2S2. The zero-order valence-electron chi connectivity index (χ0n) is 15.4. The lowest BCUT2D eigenvalue weighted by Crippen LogP contribution is -2.39. The van der Waals surface area contributed by atoms with Crippen LogP contribution < -0.4 is 9.47 Å². The van der Waals surface area contributed by atoms with Crippen molar-refractivity contribution in [1.82, 2.24) is 9.80 Å². The molecule has 12 heteroatoms. The highest BCUT2D eigenvalue weighted by Crippen LogP contribution is 2.79. The molecule has 158 valence electrons. The number of nitrogens with zero attached hydrogens (tertiary/aromatic N) is 2.